The third-order valence-electron chi connectivity index (χ3n) is 8.12. The van der Waals surface area contributed by atoms with Gasteiger partial charge in [0.15, 0.2) is 6.23 Å². The number of nitrogens with one attached hydrogen (secondary N) is 3. The van der Waals surface area contributed by atoms with Crippen LogP contribution in [0.4, 0.5) is 9.18 Å². The predicted molar refractivity (Wildman–Crippen MR) is 186 cm³/mol. The number of unbranched alkanes of at least 4 members (excludes halogenated alkanes) is 8. The van der Waals surface area contributed by atoms with Crippen LogP contribution < -0.4 is 16.0 Å². The number of hydrogen-bond acceptors (Lipinski definition) is 10. The van der Waals surface area contributed by atoms with Gasteiger partial charge >= 0.3 is 12.0 Å². The SMILES string of the molecule is CCC[C@H](NC(=O)N[C@@H](CCCCNC(=O)CCCCCCC(=O)CCCCCCCC(=O)CCc1cn(COCC[18F])nn1)OC=O)C(=O)O. The minimum absolute atomic E-state index is 0.0123. The van der Waals surface area contributed by atoms with Gasteiger partial charge in [-0.05, 0) is 51.4 Å². The Bertz CT molecular complexity index is 1150. The maximum absolute atomic E-state index is 12.2. The minimum atomic E-state index is -1.14. The van der Waals surface area contributed by atoms with Gasteiger partial charge in [0.05, 0.1) is 18.5 Å². The number of carbonyl (C=O) groups excluding carboxylic acids is 5. The van der Waals surface area contributed by atoms with Crippen LogP contribution in [0.2, 0.25) is 0 Å². The summed E-state index contributed by atoms with van der Waals surface area (Å²) in [6.45, 7) is 2.07. The average molecular weight is 726 g/mol. The number of carbonyl (C=O) groups is 6. The molecule has 0 saturated heterocycles. The number of rotatable bonds is 34. The number of alkyl halides is 1. The van der Waals surface area contributed by atoms with Gasteiger partial charge in [0, 0.05) is 45.1 Å². The van der Waals surface area contributed by atoms with Crippen molar-refractivity contribution in [3.8, 4) is 0 Å². The van der Waals surface area contributed by atoms with E-state index < -0.39 is 30.9 Å². The van der Waals surface area contributed by atoms with E-state index in [9.17, 15) is 33.2 Å². The fourth-order valence-corrected chi connectivity index (χ4v) is 5.29. The second-order valence-electron chi connectivity index (χ2n) is 12.6. The van der Waals surface area contributed by atoms with Crippen LogP contribution in [-0.2, 0) is 46.6 Å². The van der Waals surface area contributed by atoms with E-state index in [0.29, 0.717) is 76.4 Å². The molecule has 0 bridgehead atoms. The van der Waals surface area contributed by atoms with E-state index in [1.54, 1.807) is 13.1 Å². The number of nitrogens with zero attached hydrogens (tertiary/aromatic N) is 3. The largest absolute Gasteiger partial charge is 0.480 e. The van der Waals surface area contributed by atoms with Crippen LogP contribution in [0.1, 0.15) is 135 Å². The zero-order valence-corrected chi connectivity index (χ0v) is 30.2. The van der Waals surface area contributed by atoms with E-state index in [1.807, 2.05) is 0 Å². The summed E-state index contributed by atoms with van der Waals surface area (Å²) in [7, 11) is 0. The highest BCUT2D eigenvalue weighted by Gasteiger charge is 2.21. The molecule has 0 spiro atoms. The molecule has 0 fully saturated rings. The summed E-state index contributed by atoms with van der Waals surface area (Å²) in [5.41, 5.74) is 0.711. The molecule has 3 amide bonds. The lowest BCUT2D eigenvalue weighted by Crippen LogP contribution is -2.49. The molecule has 16 heteroatoms. The fraction of sp³-hybridized carbons (Fsp3) is 0.771. The summed E-state index contributed by atoms with van der Waals surface area (Å²) >= 11 is 0. The van der Waals surface area contributed by atoms with Gasteiger partial charge in [-0.2, -0.15) is 0 Å². The number of halogens is 1. The average Bonchev–Trinajstić information content (AvgIpc) is 3.55. The van der Waals surface area contributed by atoms with Gasteiger partial charge in [0.1, 0.15) is 31.0 Å². The maximum Gasteiger partial charge on any atom is 0.326 e. The minimum Gasteiger partial charge on any atom is -0.480 e. The van der Waals surface area contributed by atoms with E-state index in [0.717, 1.165) is 57.8 Å². The Morgan fingerprint density at radius 2 is 1.49 bits per heavy atom. The van der Waals surface area contributed by atoms with Gasteiger partial charge in [-0.25, -0.2) is 18.7 Å². The van der Waals surface area contributed by atoms with Crippen molar-refractivity contribution in [2.24, 2.45) is 0 Å². The second-order valence-corrected chi connectivity index (χ2v) is 12.6. The van der Waals surface area contributed by atoms with Crippen LogP contribution in [0.15, 0.2) is 6.20 Å². The Morgan fingerprint density at radius 1 is 0.863 bits per heavy atom. The molecule has 290 valence electrons. The van der Waals surface area contributed by atoms with Crippen LogP contribution in [0, 0.1) is 0 Å². The molecule has 0 aliphatic heterocycles. The van der Waals surface area contributed by atoms with Crippen molar-refractivity contribution in [1.29, 1.82) is 0 Å². The number of Topliss-reactive ketones (excluding diaryl/α,β-unsaturated/α-hetero) is 2. The molecule has 1 aromatic rings. The van der Waals surface area contributed by atoms with Crippen molar-refractivity contribution in [1.82, 2.24) is 30.9 Å². The lowest BCUT2D eigenvalue weighted by molar-refractivity contribution is -0.140. The first-order chi connectivity index (χ1) is 24.7. The van der Waals surface area contributed by atoms with Crippen molar-refractivity contribution in [3.05, 3.63) is 11.9 Å². The normalized spacial score (nSPS) is 12.1. The molecule has 1 rings (SSSR count). The standard InChI is InChI=1S/C35H59FN6O9/c1-2-14-31(34(47)48)38-35(49)39-33(51-27-43)19-12-13-23-37-32(46)18-11-7-6-10-16-29(44)15-8-4-3-5-9-17-30(45)21-20-28-25-42(41-40-28)26-50-24-22-36/h25,27,31,33H,2-24,26H2,1H3,(H,37,46)(H,47,48)(H2,38,39,49)/t31-,33+/m0/s1/i36-1. The zero-order valence-electron chi connectivity index (χ0n) is 30.2. The van der Waals surface area contributed by atoms with Gasteiger partial charge in [-0.1, -0.05) is 50.7 Å². The van der Waals surface area contributed by atoms with Gasteiger partial charge in [-0.15, -0.1) is 5.10 Å². The molecule has 4 N–H and O–H groups in total. The quantitative estimate of drug-likeness (QED) is 0.0435. The third kappa shape index (κ3) is 24.8. The van der Waals surface area contributed by atoms with Crippen molar-refractivity contribution < 1.29 is 47.7 Å². The number of carboxylic acids is 1. The molecule has 51 heavy (non-hydrogen) atoms. The fourth-order valence-electron chi connectivity index (χ4n) is 5.29. The molecule has 0 aliphatic carbocycles. The summed E-state index contributed by atoms with van der Waals surface area (Å²) in [5.74, 6) is -0.729. The number of ether oxygens (including phenoxy) is 2. The van der Waals surface area contributed by atoms with Crippen LogP contribution in [-0.4, -0.2) is 88.1 Å². The van der Waals surface area contributed by atoms with Crippen molar-refractivity contribution >= 4 is 35.9 Å². The first-order valence-electron chi connectivity index (χ1n) is 18.4. The molecule has 0 aromatic carbocycles. The Balaban J connectivity index is 1.97. The topological polar surface area (TPSA) is 208 Å². The van der Waals surface area contributed by atoms with Crippen molar-refractivity contribution in [3.63, 3.8) is 0 Å². The Morgan fingerprint density at radius 3 is 2.10 bits per heavy atom. The number of carboxylic acid groups (broad SMARTS) is 1. The summed E-state index contributed by atoms with van der Waals surface area (Å²) in [4.78, 5) is 70.6. The first kappa shape index (κ1) is 45.1. The molecule has 0 saturated carbocycles. The maximum atomic E-state index is 12.2. The number of ketones is 2. The number of hydrogen-bond donors (Lipinski definition) is 4. The van der Waals surface area contributed by atoms with Crippen molar-refractivity contribution in [2.75, 3.05) is 19.8 Å². The van der Waals surface area contributed by atoms with Crippen molar-refractivity contribution in [2.45, 2.75) is 154 Å². The summed E-state index contributed by atoms with van der Waals surface area (Å²) in [6, 6.07) is -1.76. The Hall–Kier alpha value is -3.95. The van der Waals surface area contributed by atoms with Crippen LogP contribution in [0.25, 0.3) is 0 Å². The van der Waals surface area contributed by atoms with Gasteiger partial charge in [0.2, 0.25) is 5.91 Å². The van der Waals surface area contributed by atoms with Crippen LogP contribution >= 0.6 is 0 Å². The predicted octanol–water partition coefficient (Wildman–Crippen LogP) is 4.70. The molecule has 2 atom stereocenters. The number of aliphatic carboxylic acids is 1. The van der Waals surface area contributed by atoms with E-state index in [2.05, 4.69) is 26.3 Å². The summed E-state index contributed by atoms with van der Waals surface area (Å²) in [6.07, 6.45) is 14.1. The second kappa shape index (κ2) is 29.7. The van der Waals surface area contributed by atoms with E-state index in [-0.39, 0.29) is 43.7 Å². The molecule has 0 aliphatic rings. The molecular weight excluding hydrogens is 666 g/mol. The number of aromatic nitrogens is 3. The molecule has 0 unspecified atom stereocenters. The van der Waals surface area contributed by atoms with Gasteiger partial charge in [-0.3, -0.25) is 19.2 Å². The molecule has 1 heterocycles. The Labute approximate surface area is 300 Å². The van der Waals surface area contributed by atoms with Crippen LogP contribution in [0.3, 0.4) is 0 Å². The highest BCUT2D eigenvalue weighted by molar-refractivity contribution is 5.82. The van der Waals surface area contributed by atoms with Crippen LogP contribution in [0.5, 0.6) is 0 Å². The lowest BCUT2D eigenvalue weighted by Gasteiger charge is -2.19. The van der Waals surface area contributed by atoms with Gasteiger partial charge in [0.25, 0.3) is 6.47 Å². The lowest BCUT2D eigenvalue weighted by atomic mass is 10.0. The summed E-state index contributed by atoms with van der Waals surface area (Å²) < 4.78 is 23.5. The number of amides is 3. The molecule has 0 radical (unpaired) electrons. The van der Waals surface area contributed by atoms with E-state index in [1.165, 1.54) is 4.68 Å². The first-order valence-corrected chi connectivity index (χ1v) is 18.4. The highest BCUT2D eigenvalue weighted by atomic mass is 18.2. The third-order valence-corrected chi connectivity index (χ3v) is 8.12. The zero-order chi connectivity index (χ0) is 37.5. The van der Waals surface area contributed by atoms with E-state index in [4.69, 9.17) is 14.6 Å². The number of aryl methyl sites for hydroxylation is 1. The molecule has 1 aromatic heterocycles. The number of urea groups is 1. The van der Waals surface area contributed by atoms with E-state index >= 15 is 0 Å². The highest BCUT2D eigenvalue weighted by Crippen LogP contribution is 2.12. The van der Waals surface area contributed by atoms with Gasteiger partial charge < -0.3 is 30.5 Å². The summed E-state index contributed by atoms with van der Waals surface area (Å²) in [5, 5.41) is 24.7. The monoisotopic (exact) mass is 725 g/mol. The molecule has 15 nitrogen and oxygen atoms in total. The smallest absolute Gasteiger partial charge is 0.326 e. The Kier molecular flexibility index (Phi) is 26.3. The molecular formula is C35H59FN6O9.